The first-order chi connectivity index (χ1) is 7.13. The predicted octanol–water partition coefficient (Wildman–Crippen LogP) is 3.18. The maximum absolute atomic E-state index is 13.4. The van der Waals surface area contributed by atoms with Crippen molar-refractivity contribution >= 4 is 22.4 Å². The average Bonchev–Trinajstić information content (AvgIpc) is 2.19. The highest BCUT2D eigenvalue weighted by molar-refractivity contribution is 6.30. The van der Waals surface area contributed by atoms with Crippen molar-refractivity contribution in [2.75, 3.05) is 7.11 Å². The van der Waals surface area contributed by atoms with Crippen molar-refractivity contribution in [3.8, 4) is 5.75 Å². The molecule has 0 saturated heterocycles. The summed E-state index contributed by atoms with van der Waals surface area (Å²) in [5, 5.41) is 0.600. The molecule has 0 bridgehead atoms. The zero-order valence-electron chi connectivity index (χ0n) is 7.72. The Morgan fingerprint density at radius 3 is 2.60 bits per heavy atom. The summed E-state index contributed by atoms with van der Waals surface area (Å²) in [6.45, 7) is 0. The Hall–Kier alpha value is -1.42. The molecule has 0 amide bonds. The Morgan fingerprint density at radius 2 is 1.93 bits per heavy atom. The maximum atomic E-state index is 13.4. The highest BCUT2D eigenvalue weighted by Crippen LogP contribution is 2.31. The van der Waals surface area contributed by atoms with Crippen molar-refractivity contribution in [3.63, 3.8) is 0 Å². The first-order valence-corrected chi connectivity index (χ1v) is 4.48. The van der Waals surface area contributed by atoms with Gasteiger partial charge in [-0.25, -0.2) is 13.8 Å². The molecule has 2 aromatic rings. The Morgan fingerprint density at radius 1 is 1.20 bits per heavy atom. The summed E-state index contributed by atoms with van der Waals surface area (Å²) in [4.78, 5) is 3.75. The molecule has 0 aliphatic rings. The number of nitrogens with zero attached hydrogens (tertiary/aromatic N) is 1. The number of methoxy groups -OCH3 is 1. The quantitative estimate of drug-likeness (QED) is 0.701. The van der Waals surface area contributed by atoms with E-state index >= 15 is 0 Å². The van der Waals surface area contributed by atoms with Crippen LogP contribution in [0, 0.1) is 11.6 Å². The van der Waals surface area contributed by atoms with Crippen LogP contribution in [0.3, 0.4) is 0 Å². The standard InChI is InChI=1S/C10H6ClF2NO/c1-15-10-6-4-14-9(11)2-5(6)7(12)3-8(10)13/h2-4H,1H3. The van der Waals surface area contributed by atoms with Gasteiger partial charge in [-0.2, -0.15) is 0 Å². The van der Waals surface area contributed by atoms with Gasteiger partial charge in [0, 0.05) is 23.0 Å². The van der Waals surface area contributed by atoms with Crippen LogP contribution in [0.4, 0.5) is 8.78 Å². The molecule has 0 aliphatic heterocycles. The van der Waals surface area contributed by atoms with Crippen LogP contribution in [0.15, 0.2) is 18.3 Å². The van der Waals surface area contributed by atoms with Gasteiger partial charge in [-0.05, 0) is 6.07 Å². The van der Waals surface area contributed by atoms with Crippen LogP contribution < -0.4 is 4.74 Å². The van der Waals surface area contributed by atoms with Crippen LogP contribution >= 0.6 is 11.6 Å². The lowest BCUT2D eigenvalue weighted by Gasteiger charge is -2.07. The topological polar surface area (TPSA) is 22.1 Å². The molecule has 2 rings (SSSR count). The van der Waals surface area contributed by atoms with Gasteiger partial charge >= 0.3 is 0 Å². The molecular formula is C10H6ClF2NO. The fourth-order valence-electron chi connectivity index (χ4n) is 1.40. The smallest absolute Gasteiger partial charge is 0.168 e. The first-order valence-electron chi connectivity index (χ1n) is 4.10. The van der Waals surface area contributed by atoms with Gasteiger partial charge in [-0.15, -0.1) is 0 Å². The predicted molar refractivity (Wildman–Crippen MR) is 53.2 cm³/mol. The number of hydrogen-bond donors (Lipinski definition) is 0. The van der Waals surface area contributed by atoms with E-state index in [1.807, 2.05) is 0 Å². The van der Waals surface area contributed by atoms with Crippen LogP contribution in [0.2, 0.25) is 5.15 Å². The van der Waals surface area contributed by atoms with E-state index in [0.29, 0.717) is 0 Å². The van der Waals surface area contributed by atoms with Crippen molar-refractivity contribution in [1.29, 1.82) is 0 Å². The van der Waals surface area contributed by atoms with Crippen LogP contribution in [0.25, 0.3) is 10.8 Å². The third-order valence-electron chi connectivity index (χ3n) is 2.05. The summed E-state index contributed by atoms with van der Waals surface area (Å²) >= 11 is 5.61. The van der Waals surface area contributed by atoms with Crippen molar-refractivity contribution in [2.45, 2.75) is 0 Å². The van der Waals surface area contributed by atoms with E-state index in [1.54, 1.807) is 0 Å². The molecule has 0 radical (unpaired) electrons. The lowest BCUT2D eigenvalue weighted by Crippen LogP contribution is -1.93. The van der Waals surface area contributed by atoms with E-state index in [2.05, 4.69) is 4.98 Å². The van der Waals surface area contributed by atoms with Gasteiger partial charge in [0.05, 0.1) is 7.11 Å². The van der Waals surface area contributed by atoms with Crippen LogP contribution in [0.1, 0.15) is 0 Å². The van der Waals surface area contributed by atoms with E-state index in [4.69, 9.17) is 16.3 Å². The number of fused-ring (bicyclic) bond motifs is 1. The van der Waals surface area contributed by atoms with Crippen molar-refractivity contribution in [2.24, 2.45) is 0 Å². The molecule has 0 spiro atoms. The Labute approximate surface area is 89.4 Å². The van der Waals surface area contributed by atoms with Gasteiger partial charge in [0.1, 0.15) is 11.0 Å². The van der Waals surface area contributed by atoms with E-state index < -0.39 is 11.6 Å². The lowest BCUT2D eigenvalue weighted by atomic mass is 10.1. The zero-order chi connectivity index (χ0) is 11.0. The molecule has 1 aromatic carbocycles. The number of ether oxygens (including phenoxy) is 1. The number of hydrogen-bond acceptors (Lipinski definition) is 2. The summed E-state index contributed by atoms with van der Waals surface area (Å²) < 4.78 is 31.4. The largest absolute Gasteiger partial charge is 0.493 e. The molecule has 15 heavy (non-hydrogen) atoms. The highest BCUT2D eigenvalue weighted by atomic mass is 35.5. The minimum atomic E-state index is -0.758. The van der Waals surface area contributed by atoms with Gasteiger partial charge in [-0.1, -0.05) is 11.6 Å². The summed E-state index contributed by atoms with van der Waals surface area (Å²) in [6, 6.07) is 2.09. The summed E-state index contributed by atoms with van der Waals surface area (Å²) in [5.74, 6) is -1.48. The fraction of sp³-hybridized carbons (Fsp3) is 0.100. The zero-order valence-corrected chi connectivity index (χ0v) is 8.48. The van der Waals surface area contributed by atoms with Gasteiger partial charge in [-0.3, -0.25) is 0 Å². The molecule has 0 N–H and O–H groups in total. The van der Waals surface area contributed by atoms with Gasteiger partial charge in [0.25, 0.3) is 0 Å². The molecule has 0 atom stereocenters. The molecule has 1 aromatic heterocycles. The number of halogens is 3. The first kappa shape index (κ1) is 10.1. The number of benzene rings is 1. The summed E-state index contributed by atoms with van der Waals surface area (Å²) in [6.07, 6.45) is 1.28. The van der Waals surface area contributed by atoms with Crippen LogP contribution in [-0.2, 0) is 0 Å². The van der Waals surface area contributed by atoms with Crippen LogP contribution in [0.5, 0.6) is 5.75 Å². The fourth-order valence-corrected chi connectivity index (χ4v) is 1.56. The van der Waals surface area contributed by atoms with Crippen molar-refractivity contribution < 1.29 is 13.5 Å². The van der Waals surface area contributed by atoms with E-state index in [0.717, 1.165) is 6.07 Å². The highest BCUT2D eigenvalue weighted by Gasteiger charge is 2.13. The van der Waals surface area contributed by atoms with E-state index in [1.165, 1.54) is 19.4 Å². The molecule has 1 heterocycles. The van der Waals surface area contributed by atoms with Gasteiger partial charge < -0.3 is 4.74 Å². The van der Waals surface area contributed by atoms with Gasteiger partial charge in [0.15, 0.2) is 11.6 Å². The van der Waals surface area contributed by atoms with E-state index in [9.17, 15) is 8.78 Å². The third kappa shape index (κ3) is 1.61. The molecule has 0 fully saturated rings. The molecule has 0 unspecified atom stereocenters. The lowest BCUT2D eigenvalue weighted by molar-refractivity contribution is 0.390. The van der Waals surface area contributed by atoms with Gasteiger partial charge in [0.2, 0.25) is 0 Å². The third-order valence-corrected chi connectivity index (χ3v) is 2.25. The van der Waals surface area contributed by atoms with Crippen molar-refractivity contribution in [3.05, 3.63) is 35.1 Å². The molecule has 2 nitrogen and oxygen atoms in total. The Kier molecular flexibility index (Phi) is 2.44. The molecule has 5 heteroatoms. The second-order valence-electron chi connectivity index (χ2n) is 2.93. The van der Waals surface area contributed by atoms with Crippen LogP contribution in [-0.4, -0.2) is 12.1 Å². The monoisotopic (exact) mass is 229 g/mol. The Bertz CT molecular complexity index is 530. The average molecular weight is 230 g/mol. The maximum Gasteiger partial charge on any atom is 0.168 e. The number of pyridine rings is 1. The van der Waals surface area contributed by atoms with Crippen molar-refractivity contribution in [1.82, 2.24) is 4.98 Å². The SMILES string of the molecule is COc1c(F)cc(F)c2cc(Cl)ncc12. The van der Waals surface area contributed by atoms with E-state index in [-0.39, 0.29) is 21.7 Å². The second-order valence-corrected chi connectivity index (χ2v) is 3.31. The minimum absolute atomic E-state index is 0.0319. The molecular weight excluding hydrogens is 224 g/mol. The number of aromatic nitrogens is 1. The Balaban J connectivity index is 2.90. The summed E-state index contributed by atoms with van der Waals surface area (Å²) in [7, 11) is 1.31. The molecule has 0 saturated carbocycles. The minimum Gasteiger partial charge on any atom is -0.493 e. The number of rotatable bonds is 1. The molecule has 0 aliphatic carbocycles. The molecule has 78 valence electrons. The summed E-state index contributed by atoms with van der Waals surface area (Å²) in [5.41, 5.74) is 0. The second kappa shape index (κ2) is 3.62. The normalized spacial score (nSPS) is 10.7.